The van der Waals surface area contributed by atoms with Gasteiger partial charge in [0.25, 0.3) is 0 Å². The van der Waals surface area contributed by atoms with Gasteiger partial charge in [-0.3, -0.25) is 14.3 Å². The molecule has 1 aromatic heterocycles. The van der Waals surface area contributed by atoms with Crippen LogP contribution >= 0.6 is 0 Å². The van der Waals surface area contributed by atoms with Crippen LogP contribution in [-0.2, 0) is 11.2 Å². The van der Waals surface area contributed by atoms with E-state index in [0.29, 0.717) is 12.2 Å². The van der Waals surface area contributed by atoms with Crippen LogP contribution in [0.1, 0.15) is 12.5 Å². The number of carbonyl (C=O) groups is 1. The highest BCUT2D eigenvalue weighted by molar-refractivity contribution is 5.92. The number of anilines is 2. The first-order valence-electron chi connectivity index (χ1n) is 10.3. The molecule has 1 N–H and O–H groups in total. The summed E-state index contributed by atoms with van der Waals surface area (Å²) in [6, 6.07) is 14.6. The van der Waals surface area contributed by atoms with E-state index in [0.717, 1.165) is 44.2 Å². The Morgan fingerprint density at radius 2 is 1.80 bits per heavy atom. The van der Waals surface area contributed by atoms with Crippen LogP contribution in [0.4, 0.5) is 16.0 Å². The Morgan fingerprint density at radius 3 is 2.50 bits per heavy atom. The molecule has 1 aliphatic heterocycles. The van der Waals surface area contributed by atoms with E-state index in [1.165, 1.54) is 11.6 Å². The minimum Gasteiger partial charge on any atom is -0.339 e. The lowest BCUT2D eigenvalue weighted by Crippen LogP contribution is -2.49. The minimum absolute atomic E-state index is 0.0134. The van der Waals surface area contributed by atoms with Gasteiger partial charge in [-0.2, -0.15) is 0 Å². The lowest BCUT2D eigenvalue weighted by molar-refractivity contribution is -0.117. The monoisotopic (exact) mass is 407 g/mol. The maximum Gasteiger partial charge on any atom is 0.238 e. The second-order valence-electron chi connectivity index (χ2n) is 7.41. The van der Waals surface area contributed by atoms with Gasteiger partial charge in [-0.25, -0.2) is 9.37 Å². The van der Waals surface area contributed by atoms with Gasteiger partial charge in [0.05, 0.1) is 12.2 Å². The van der Waals surface area contributed by atoms with Gasteiger partial charge in [0, 0.05) is 44.3 Å². The van der Waals surface area contributed by atoms with Crippen LogP contribution in [0, 0.1) is 5.82 Å². The lowest BCUT2D eigenvalue weighted by atomic mass is 10.1. The number of hydrogen-bond donors (Lipinski definition) is 1. The molecule has 4 rings (SSSR count). The van der Waals surface area contributed by atoms with Crippen LogP contribution in [0.2, 0.25) is 0 Å². The van der Waals surface area contributed by atoms with Crippen LogP contribution in [0.25, 0.3) is 5.69 Å². The first-order valence-corrected chi connectivity index (χ1v) is 10.3. The summed E-state index contributed by atoms with van der Waals surface area (Å²) in [6.07, 6.45) is 4.44. The molecule has 0 bridgehead atoms. The molecule has 0 spiro atoms. The fourth-order valence-corrected chi connectivity index (χ4v) is 3.70. The van der Waals surface area contributed by atoms with E-state index < -0.39 is 0 Å². The molecule has 0 aliphatic carbocycles. The molecular weight excluding hydrogens is 381 g/mol. The standard InChI is InChI=1S/C23H26FN5O/c1-2-18-7-9-19(10-8-18)26-22(30)17-27-13-15-28(16-14-27)23-25-11-12-29(23)21-6-4-3-5-20(21)24/h3-12H,2,13-17H2,1H3,(H,26,30). The third-order valence-electron chi connectivity index (χ3n) is 5.40. The number of hydrogen-bond acceptors (Lipinski definition) is 4. The molecule has 6 nitrogen and oxygen atoms in total. The smallest absolute Gasteiger partial charge is 0.238 e. The van der Waals surface area contributed by atoms with Crippen molar-refractivity contribution in [2.75, 3.05) is 42.9 Å². The first kappa shape index (κ1) is 20.1. The van der Waals surface area contributed by atoms with Gasteiger partial charge in [0.1, 0.15) is 5.82 Å². The Kier molecular flexibility index (Phi) is 6.09. The van der Waals surface area contributed by atoms with Gasteiger partial charge >= 0.3 is 0 Å². The maximum atomic E-state index is 14.2. The Morgan fingerprint density at radius 1 is 1.07 bits per heavy atom. The van der Waals surface area contributed by atoms with Crippen LogP contribution < -0.4 is 10.2 Å². The van der Waals surface area contributed by atoms with Gasteiger partial charge in [0.15, 0.2) is 0 Å². The number of para-hydroxylation sites is 1. The highest BCUT2D eigenvalue weighted by atomic mass is 19.1. The molecule has 7 heteroatoms. The average molecular weight is 407 g/mol. The number of nitrogens with zero attached hydrogens (tertiary/aromatic N) is 4. The van der Waals surface area contributed by atoms with Crippen molar-refractivity contribution in [3.05, 3.63) is 72.3 Å². The zero-order valence-corrected chi connectivity index (χ0v) is 17.1. The number of nitrogens with one attached hydrogen (secondary N) is 1. The zero-order valence-electron chi connectivity index (χ0n) is 17.1. The lowest BCUT2D eigenvalue weighted by Gasteiger charge is -2.35. The van der Waals surface area contributed by atoms with Crippen molar-refractivity contribution < 1.29 is 9.18 Å². The summed E-state index contributed by atoms with van der Waals surface area (Å²) in [5.74, 6) is 0.430. The predicted molar refractivity (Wildman–Crippen MR) is 117 cm³/mol. The first-order chi connectivity index (χ1) is 14.6. The van der Waals surface area contributed by atoms with E-state index in [2.05, 4.69) is 27.0 Å². The van der Waals surface area contributed by atoms with Crippen molar-refractivity contribution in [1.82, 2.24) is 14.5 Å². The van der Waals surface area contributed by atoms with E-state index >= 15 is 0 Å². The van der Waals surface area contributed by atoms with Gasteiger partial charge < -0.3 is 10.2 Å². The number of benzene rings is 2. The Bertz CT molecular complexity index is 993. The summed E-state index contributed by atoms with van der Waals surface area (Å²) in [5.41, 5.74) is 2.56. The predicted octanol–water partition coefficient (Wildman–Crippen LogP) is 3.33. The molecule has 156 valence electrons. The molecular formula is C23H26FN5O. The Balaban J connectivity index is 1.33. The molecule has 0 unspecified atom stereocenters. The van der Waals surface area contributed by atoms with Crippen LogP contribution in [0.15, 0.2) is 60.9 Å². The molecule has 0 radical (unpaired) electrons. The number of amides is 1. The van der Waals surface area contributed by atoms with E-state index in [9.17, 15) is 9.18 Å². The number of aromatic nitrogens is 2. The van der Waals surface area contributed by atoms with Crippen molar-refractivity contribution >= 4 is 17.5 Å². The van der Waals surface area contributed by atoms with Gasteiger partial charge in [-0.1, -0.05) is 31.2 Å². The molecule has 1 aliphatic rings. The molecule has 2 heterocycles. The number of halogens is 1. The molecule has 30 heavy (non-hydrogen) atoms. The van der Waals surface area contributed by atoms with Crippen molar-refractivity contribution in [3.63, 3.8) is 0 Å². The molecule has 0 atom stereocenters. The Hall–Kier alpha value is -3.19. The van der Waals surface area contributed by atoms with Gasteiger partial charge in [-0.05, 0) is 36.2 Å². The second kappa shape index (κ2) is 9.09. The second-order valence-corrected chi connectivity index (χ2v) is 7.41. The quantitative estimate of drug-likeness (QED) is 0.681. The number of aryl methyl sites for hydroxylation is 1. The normalized spacial score (nSPS) is 14.7. The largest absolute Gasteiger partial charge is 0.339 e. The summed E-state index contributed by atoms with van der Waals surface area (Å²) in [6.45, 7) is 5.40. The number of piperazine rings is 1. The fourth-order valence-electron chi connectivity index (χ4n) is 3.70. The summed E-state index contributed by atoms with van der Waals surface area (Å²) in [4.78, 5) is 21.1. The number of carbonyl (C=O) groups excluding carboxylic acids is 1. The van der Waals surface area contributed by atoms with Crippen molar-refractivity contribution in [3.8, 4) is 5.69 Å². The van der Waals surface area contributed by atoms with Crippen molar-refractivity contribution in [1.29, 1.82) is 0 Å². The summed E-state index contributed by atoms with van der Waals surface area (Å²) < 4.78 is 16.0. The van der Waals surface area contributed by atoms with Gasteiger partial charge in [-0.15, -0.1) is 0 Å². The topological polar surface area (TPSA) is 53.4 Å². The summed E-state index contributed by atoms with van der Waals surface area (Å²) in [7, 11) is 0. The van der Waals surface area contributed by atoms with E-state index in [-0.39, 0.29) is 11.7 Å². The fraction of sp³-hybridized carbons (Fsp3) is 0.304. The third kappa shape index (κ3) is 4.52. The molecule has 2 aromatic carbocycles. The van der Waals surface area contributed by atoms with E-state index in [4.69, 9.17) is 0 Å². The van der Waals surface area contributed by atoms with Crippen LogP contribution in [0.3, 0.4) is 0 Å². The number of rotatable bonds is 6. The summed E-state index contributed by atoms with van der Waals surface area (Å²) >= 11 is 0. The van der Waals surface area contributed by atoms with Crippen molar-refractivity contribution in [2.24, 2.45) is 0 Å². The Labute approximate surface area is 175 Å². The van der Waals surface area contributed by atoms with E-state index in [1.54, 1.807) is 29.1 Å². The molecule has 1 saturated heterocycles. The molecule has 0 saturated carbocycles. The highest BCUT2D eigenvalue weighted by Gasteiger charge is 2.22. The molecule has 1 amide bonds. The van der Waals surface area contributed by atoms with E-state index in [1.807, 2.05) is 30.3 Å². The summed E-state index contributed by atoms with van der Waals surface area (Å²) in [5, 5.41) is 2.96. The number of imidazole rings is 1. The van der Waals surface area contributed by atoms with Crippen molar-refractivity contribution in [2.45, 2.75) is 13.3 Å². The van der Waals surface area contributed by atoms with Crippen LogP contribution in [-0.4, -0.2) is 53.1 Å². The average Bonchev–Trinajstić information content (AvgIpc) is 3.25. The molecule has 3 aromatic rings. The SMILES string of the molecule is CCc1ccc(NC(=O)CN2CCN(c3nccn3-c3ccccc3F)CC2)cc1. The molecule has 1 fully saturated rings. The minimum atomic E-state index is -0.279. The maximum absolute atomic E-state index is 14.2. The zero-order chi connectivity index (χ0) is 20.9. The third-order valence-corrected chi connectivity index (χ3v) is 5.40. The van der Waals surface area contributed by atoms with Gasteiger partial charge in [0.2, 0.25) is 11.9 Å². The highest BCUT2D eigenvalue weighted by Crippen LogP contribution is 2.21. The van der Waals surface area contributed by atoms with Crippen LogP contribution in [0.5, 0.6) is 0 Å².